The Bertz CT molecular complexity index is 993. The second-order valence-electron chi connectivity index (χ2n) is 14.1. The third-order valence-electron chi connectivity index (χ3n) is 11.9. The third-order valence-corrected chi connectivity index (χ3v) is 12.4. The Kier molecular flexibility index (Phi) is 7.71. The van der Waals surface area contributed by atoms with Gasteiger partial charge in [0.25, 0.3) is 0 Å². The van der Waals surface area contributed by atoms with Crippen LogP contribution in [-0.2, 0) is 0 Å². The number of carbonyl (C=O) groups is 1. The van der Waals surface area contributed by atoms with Crippen molar-refractivity contribution in [3.8, 4) is 0 Å². The minimum atomic E-state index is 0.0948. The van der Waals surface area contributed by atoms with Crippen molar-refractivity contribution in [2.45, 2.75) is 111 Å². The van der Waals surface area contributed by atoms with Crippen molar-refractivity contribution in [3.05, 3.63) is 47.0 Å². The number of hydrogen-bond donors (Lipinski definition) is 0. The zero-order valence-electron chi connectivity index (χ0n) is 23.5. The Morgan fingerprint density at radius 3 is 2.53 bits per heavy atom. The molecule has 0 aliphatic heterocycles. The topological polar surface area (TPSA) is 17.1 Å². The molecule has 0 amide bonds. The molecule has 4 aliphatic carbocycles. The van der Waals surface area contributed by atoms with E-state index in [1.807, 2.05) is 12.1 Å². The summed E-state index contributed by atoms with van der Waals surface area (Å²) in [4.78, 5) is 12.3. The van der Waals surface area contributed by atoms with Gasteiger partial charge in [-0.25, -0.2) is 0 Å². The molecule has 3 fully saturated rings. The van der Waals surface area contributed by atoms with Crippen LogP contribution in [0.3, 0.4) is 0 Å². The van der Waals surface area contributed by atoms with Crippen LogP contribution >= 0.6 is 0 Å². The van der Waals surface area contributed by atoms with E-state index in [1.54, 1.807) is 5.57 Å². The molecule has 3 saturated carbocycles. The fraction of sp³-hybridized carbons (Fsp3) is 0.735. The average molecular weight is 553 g/mol. The van der Waals surface area contributed by atoms with Gasteiger partial charge in [0.15, 0.2) is 0 Å². The van der Waals surface area contributed by atoms with Crippen LogP contribution in [-0.4, -0.2) is 20.7 Å². The van der Waals surface area contributed by atoms with E-state index in [0.29, 0.717) is 16.7 Å². The van der Waals surface area contributed by atoms with Gasteiger partial charge in [0.05, 0.1) is 0 Å². The maximum atomic E-state index is 12.3. The Labute approximate surface area is 229 Å². The number of rotatable bonds is 7. The maximum absolute atomic E-state index is 12.3. The van der Waals surface area contributed by atoms with Gasteiger partial charge in [-0.3, -0.25) is 0 Å². The van der Waals surface area contributed by atoms with Gasteiger partial charge in [-0.05, 0) is 11.8 Å². The van der Waals surface area contributed by atoms with E-state index in [-0.39, 0.29) is 4.68 Å². The van der Waals surface area contributed by atoms with Gasteiger partial charge in [0, 0.05) is 0 Å². The molecule has 0 spiro atoms. The molecule has 0 bridgehead atoms. The van der Waals surface area contributed by atoms with Crippen LogP contribution in [0, 0.1) is 46.3 Å². The van der Waals surface area contributed by atoms with Gasteiger partial charge in [-0.1, -0.05) is 40.0 Å². The number of fused-ring (bicyclic) bond motifs is 5. The molecule has 1 radical (unpaired) electrons. The third kappa shape index (κ3) is 4.62. The molecular formula is C34H49OSe. The van der Waals surface area contributed by atoms with Crippen LogP contribution in [0.25, 0.3) is 0 Å². The minimum absolute atomic E-state index is 0.0948. The molecule has 1 aromatic carbocycles. The van der Waals surface area contributed by atoms with Crippen LogP contribution in [0.1, 0.15) is 127 Å². The number of carbonyl (C=O) groups excluding carboxylic acids is 1. The quantitative estimate of drug-likeness (QED) is 0.244. The monoisotopic (exact) mass is 553 g/mol. The van der Waals surface area contributed by atoms with Crippen molar-refractivity contribution in [1.29, 1.82) is 0 Å². The van der Waals surface area contributed by atoms with Crippen LogP contribution < -0.4 is 0 Å². The Balaban J connectivity index is 1.32. The van der Waals surface area contributed by atoms with Crippen molar-refractivity contribution >= 4 is 20.7 Å². The molecule has 5 rings (SSSR count). The normalized spacial score (nSPS) is 38.6. The van der Waals surface area contributed by atoms with E-state index >= 15 is 0 Å². The average Bonchev–Trinajstić information content (AvgIpc) is 3.20. The SMILES string of the molecule is CC(C)CCC[C@@H](C)[C@H]1CC[C@H]2[C@@H]3CC=C4C[C@@H](c5ccccc5C(=O)[Se])CC[C@]4(C)[C@H]3CC[C@]12C. The summed E-state index contributed by atoms with van der Waals surface area (Å²) in [6.45, 7) is 12.7. The zero-order chi connectivity index (χ0) is 25.7. The molecule has 0 saturated heterocycles. The van der Waals surface area contributed by atoms with Crippen molar-refractivity contribution in [3.63, 3.8) is 0 Å². The van der Waals surface area contributed by atoms with Gasteiger partial charge in [0.1, 0.15) is 0 Å². The number of hydrogen-bond acceptors (Lipinski definition) is 1. The van der Waals surface area contributed by atoms with E-state index in [9.17, 15) is 4.79 Å². The van der Waals surface area contributed by atoms with Crippen LogP contribution in [0.4, 0.5) is 0 Å². The van der Waals surface area contributed by atoms with Gasteiger partial charge >= 0.3 is 178 Å². The first-order chi connectivity index (χ1) is 17.1. The van der Waals surface area contributed by atoms with Crippen LogP contribution in [0.2, 0.25) is 0 Å². The number of allylic oxidation sites excluding steroid dienone is 2. The summed E-state index contributed by atoms with van der Waals surface area (Å²) in [6.07, 6.45) is 17.7. The fourth-order valence-corrected chi connectivity index (χ4v) is 10.4. The second-order valence-corrected chi connectivity index (χ2v) is 14.9. The van der Waals surface area contributed by atoms with Crippen LogP contribution in [0.15, 0.2) is 35.9 Å². The summed E-state index contributed by atoms with van der Waals surface area (Å²) in [7, 11) is 0. The zero-order valence-corrected chi connectivity index (χ0v) is 25.2. The van der Waals surface area contributed by atoms with E-state index in [1.165, 1.54) is 69.8 Å². The summed E-state index contributed by atoms with van der Waals surface area (Å²) in [5.41, 5.74) is 4.83. The molecule has 1 aromatic rings. The van der Waals surface area contributed by atoms with Crippen LogP contribution in [0.5, 0.6) is 0 Å². The summed E-state index contributed by atoms with van der Waals surface area (Å²) < 4.78 is 0.0948. The molecular weight excluding hydrogens is 503 g/mol. The summed E-state index contributed by atoms with van der Waals surface area (Å²) in [5.74, 6) is 5.83. The van der Waals surface area contributed by atoms with Gasteiger partial charge in [-0.2, -0.15) is 0 Å². The first kappa shape index (κ1) is 26.7. The molecule has 1 nitrogen and oxygen atoms in total. The molecule has 0 heterocycles. The van der Waals surface area contributed by atoms with Gasteiger partial charge < -0.3 is 0 Å². The first-order valence-electron chi connectivity index (χ1n) is 15.1. The molecule has 0 N–H and O–H groups in total. The van der Waals surface area contributed by atoms with E-state index in [0.717, 1.165) is 47.5 Å². The summed E-state index contributed by atoms with van der Waals surface area (Å²) >= 11 is 2.74. The first-order valence-corrected chi connectivity index (χ1v) is 16.0. The number of benzene rings is 1. The van der Waals surface area contributed by atoms with Crippen molar-refractivity contribution in [2.24, 2.45) is 46.3 Å². The fourth-order valence-electron chi connectivity index (χ4n) is 9.99. The van der Waals surface area contributed by atoms with Crippen molar-refractivity contribution in [2.75, 3.05) is 0 Å². The van der Waals surface area contributed by atoms with Gasteiger partial charge in [-0.15, -0.1) is 0 Å². The molecule has 8 atom stereocenters. The molecule has 2 heteroatoms. The summed E-state index contributed by atoms with van der Waals surface area (Å²) in [6, 6.07) is 8.33. The van der Waals surface area contributed by atoms with E-state index in [4.69, 9.17) is 0 Å². The van der Waals surface area contributed by atoms with E-state index in [2.05, 4.69) is 68.8 Å². The summed E-state index contributed by atoms with van der Waals surface area (Å²) in [5, 5.41) is 0. The molecule has 0 aromatic heterocycles. The Morgan fingerprint density at radius 1 is 1.00 bits per heavy atom. The molecule has 4 aliphatic rings. The Hall–Kier alpha value is -0.851. The second kappa shape index (κ2) is 10.4. The van der Waals surface area contributed by atoms with Crippen molar-refractivity contribution < 1.29 is 4.79 Å². The van der Waals surface area contributed by atoms with Crippen molar-refractivity contribution in [1.82, 2.24) is 0 Å². The Morgan fingerprint density at radius 2 is 1.78 bits per heavy atom. The standard InChI is InChI=1S/C34H49OSe/c1-22(2)9-8-10-23(3)29-15-16-30-28-14-13-25-21-24(26-11-6-7-12-27(26)32(35)36)17-19-33(25,4)31(28)18-20-34(29,30)5/h6-7,11-13,22-24,28-31H,8-10,14-21H2,1-5H3/t23-,24+,28+,29-,30+,31+,33+,34-/m1/s1. The van der Waals surface area contributed by atoms with Gasteiger partial charge in [0.2, 0.25) is 0 Å². The molecule has 36 heavy (non-hydrogen) atoms. The predicted molar refractivity (Wildman–Crippen MR) is 152 cm³/mol. The predicted octanol–water partition coefficient (Wildman–Crippen LogP) is 9.12. The van der Waals surface area contributed by atoms with E-state index < -0.39 is 0 Å². The molecule has 197 valence electrons. The molecule has 0 unspecified atom stereocenters.